The van der Waals surface area contributed by atoms with Crippen molar-refractivity contribution in [3.05, 3.63) is 5.82 Å². The molecule has 6 nitrogen and oxygen atoms in total. The highest BCUT2D eigenvalue weighted by Gasteiger charge is 2.24. The van der Waals surface area contributed by atoms with Crippen LogP contribution in [0, 0.1) is 5.92 Å². The average Bonchev–Trinajstić information content (AvgIpc) is 2.73. The van der Waals surface area contributed by atoms with Crippen molar-refractivity contribution in [2.24, 2.45) is 5.92 Å². The third-order valence-corrected chi connectivity index (χ3v) is 1.79. The summed E-state index contributed by atoms with van der Waals surface area (Å²) in [5, 5.41) is 11.8. The van der Waals surface area contributed by atoms with Crippen LogP contribution in [0.4, 0.5) is 4.79 Å². The van der Waals surface area contributed by atoms with Crippen molar-refractivity contribution in [2.75, 3.05) is 0 Å². The molecule has 13 heavy (non-hydrogen) atoms. The topological polar surface area (TPSA) is 85.5 Å². The van der Waals surface area contributed by atoms with Crippen LogP contribution in [0.5, 0.6) is 6.08 Å². The highest BCUT2D eigenvalue weighted by Crippen LogP contribution is 2.31. The summed E-state index contributed by atoms with van der Waals surface area (Å²) in [4.78, 5) is 13.8. The van der Waals surface area contributed by atoms with Crippen molar-refractivity contribution in [3.8, 4) is 6.08 Å². The molecule has 1 saturated carbocycles. The maximum absolute atomic E-state index is 10.1. The molecule has 0 unspecified atom stereocenters. The first-order valence-electron chi connectivity index (χ1n) is 3.97. The van der Waals surface area contributed by atoms with Crippen LogP contribution in [0.15, 0.2) is 4.52 Å². The molecule has 1 aliphatic carbocycles. The molecular weight excluding hydrogens is 176 g/mol. The smallest absolute Gasteiger partial charge is 0.449 e. The number of rotatable bonds is 3. The Balaban J connectivity index is 1.95. The summed E-state index contributed by atoms with van der Waals surface area (Å²) in [6.45, 7) is 0. The van der Waals surface area contributed by atoms with Gasteiger partial charge in [-0.2, -0.15) is 4.98 Å². The lowest BCUT2D eigenvalue weighted by Gasteiger charge is -1.87. The zero-order chi connectivity index (χ0) is 9.26. The maximum Gasteiger partial charge on any atom is 0.514 e. The molecular formula is C7H8N2O4. The molecule has 1 aromatic rings. The second-order valence-electron chi connectivity index (χ2n) is 2.99. The van der Waals surface area contributed by atoms with Gasteiger partial charge in [0.25, 0.3) is 0 Å². The maximum atomic E-state index is 10.1. The number of carboxylic acid groups (broad SMARTS) is 1. The predicted molar refractivity (Wildman–Crippen MR) is 39.4 cm³/mol. The van der Waals surface area contributed by atoms with E-state index < -0.39 is 6.16 Å². The lowest BCUT2D eigenvalue weighted by atomic mass is 10.3. The predicted octanol–water partition coefficient (Wildman–Crippen LogP) is 1.08. The molecule has 6 heteroatoms. The Bertz CT molecular complexity index is 318. The van der Waals surface area contributed by atoms with Gasteiger partial charge in [-0.1, -0.05) is 5.16 Å². The first-order valence-corrected chi connectivity index (χ1v) is 3.97. The summed E-state index contributed by atoms with van der Waals surface area (Å²) in [5.74, 6) is 1.15. The molecule has 0 radical (unpaired) electrons. The second-order valence-corrected chi connectivity index (χ2v) is 2.99. The third kappa shape index (κ3) is 2.17. The molecule has 0 amide bonds. The van der Waals surface area contributed by atoms with Crippen molar-refractivity contribution in [2.45, 2.75) is 19.3 Å². The van der Waals surface area contributed by atoms with Crippen LogP contribution < -0.4 is 4.74 Å². The van der Waals surface area contributed by atoms with E-state index in [4.69, 9.17) is 5.11 Å². The normalized spacial score (nSPS) is 15.7. The molecule has 1 heterocycles. The van der Waals surface area contributed by atoms with E-state index in [2.05, 4.69) is 19.4 Å². The van der Waals surface area contributed by atoms with Gasteiger partial charge in [-0.05, 0) is 18.8 Å². The highest BCUT2D eigenvalue weighted by molar-refractivity contribution is 5.59. The van der Waals surface area contributed by atoms with Gasteiger partial charge >= 0.3 is 12.2 Å². The monoisotopic (exact) mass is 184 g/mol. The van der Waals surface area contributed by atoms with Gasteiger partial charge in [-0.25, -0.2) is 4.79 Å². The first kappa shape index (κ1) is 8.03. The summed E-state index contributed by atoms with van der Waals surface area (Å²) in [6, 6.07) is 0. The van der Waals surface area contributed by atoms with Crippen LogP contribution in [-0.4, -0.2) is 21.4 Å². The Hall–Kier alpha value is -1.59. The van der Waals surface area contributed by atoms with E-state index in [1.165, 1.54) is 12.8 Å². The minimum absolute atomic E-state index is 0.303. The van der Waals surface area contributed by atoms with Crippen LogP contribution in [0.1, 0.15) is 18.7 Å². The molecule has 0 aromatic carbocycles. The lowest BCUT2D eigenvalue weighted by molar-refractivity contribution is 0.125. The van der Waals surface area contributed by atoms with Gasteiger partial charge in [0.05, 0.1) is 0 Å². The molecule has 0 spiro atoms. The minimum atomic E-state index is -1.44. The quantitative estimate of drug-likeness (QED) is 0.707. The molecule has 0 bridgehead atoms. The Labute approximate surface area is 73.5 Å². The van der Waals surface area contributed by atoms with Gasteiger partial charge in [0.15, 0.2) is 5.82 Å². The SMILES string of the molecule is O=C(O)Oc1nc(CC2CC2)no1. The Morgan fingerprint density at radius 3 is 3.08 bits per heavy atom. The first-order chi connectivity index (χ1) is 6.24. The standard InChI is InChI=1S/C7H8N2O4/c10-7(11)12-6-8-5(9-13-6)3-4-1-2-4/h4H,1-3H2,(H,10,11). The molecule has 1 N–H and O–H groups in total. The fourth-order valence-corrected chi connectivity index (χ4v) is 1.02. The van der Waals surface area contributed by atoms with E-state index in [0.29, 0.717) is 11.7 Å². The Morgan fingerprint density at radius 2 is 2.46 bits per heavy atom. The van der Waals surface area contributed by atoms with E-state index in [1.807, 2.05) is 0 Å². The molecule has 1 aliphatic rings. The Morgan fingerprint density at radius 1 is 1.69 bits per heavy atom. The summed E-state index contributed by atoms with van der Waals surface area (Å²) in [6.07, 6.45) is 1.37. The molecule has 2 rings (SSSR count). The molecule has 0 saturated heterocycles. The number of nitrogens with zero attached hydrogens (tertiary/aromatic N) is 2. The average molecular weight is 184 g/mol. The fraction of sp³-hybridized carbons (Fsp3) is 0.571. The molecule has 0 aliphatic heterocycles. The zero-order valence-electron chi connectivity index (χ0n) is 6.77. The summed E-state index contributed by atoms with van der Waals surface area (Å²) < 4.78 is 8.71. The summed E-state index contributed by atoms with van der Waals surface area (Å²) in [7, 11) is 0. The third-order valence-electron chi connectivity index (χ3n) is 1.79. The second kappa shape index (κ2) is 3.04. The fourth-order valence-electron chi connectivity index (χ4n) is 1.02. The van der Waals surface area contributed by atoms with E-state index in [0.717, 1.165) is 6.42 Å². The lowest BCUT2D eigenvalue weighted by Crippen LogP contribution is -2.03. The number of hydrogen-bond donors (Lipinski definition) is 1. The van der Waals surface area contributed by atoms with Crippen LogP contribution in [0.3, 0.4) is 0 Å². The van der Waals surface area contributed by atoms with Gasteiger partial charge in [0, 0.05) is 6.42 Å². The van der Waals surface area contributed by atoms with Crippen molar-refractivity contribution in [1.29, 1.82) is 0 Å². The number of hydrogen-bond acceptors (Lipinski definition) is 5. The molecule has 1 fully saturated rings. The molecule has 70 valence electrons. The zero-order valence-corrected chi connectivity index (χ0v) is 6.77. The molecule has 1 aromatic heterocycles. The minimum Gasteiger partial charge on any atom is -0.449 e. The van der Waals surface area contributed by atoms with Crippen LogP contribution in [-0.2, 0) is 6.42 Å². The van der Waals surface area contributed by atoms with Crippen molar-refractivity contribution < 1.29 is 19.2 Å². The van der Waals surface area contributed by atoms with Crippen molar-refractivity contribution in [3.63, 3.8) is 0 Å². The highest BCUT2D eigenvalue weighted by atomic mass is 16.7. The summed E-state index contributed by atoms with van der Waals surface area (Å²) >= 11 is 0. The van der Waals surface area contributed by atoms with Crippen LogP contribution >= 0.6 is 0 Å². The van der Waals surface area contributed by atoms with E-state index >= 15 is 0 Å². The van der Waals surface area contributed by atoms with Gasteiger partial charge in [0.1, 0.15) is 0 Å². The number of ether oxygens (including phenoxy) is 1. The van der Waals surface area contributed by atoms with Crippen molar-refractivity contribution >= 4 is 6.16 Å². The Kier molecular flexibility index (Phi) is 1.88. The van der Waals surface area contributed by atoms with Crippen LogP contribution in [0.2, 0.25) is 0 Å². The summed E-state index contributed by atoms with van der Waals surface area (Å²) in [5.41, 5.74) is 0. The van der Waals surface area contributed by atoms with Gasteiger partial charge < -0.3 is 9.84 Å². The van der Waals surface area contributed by atoms with Gasteiger partial charge in [0.2, 0.25) is 0 Å². The number of aromatic nitrogens is 2. The number of carbonyl (C=O) groups is 1. The van der Waals surface area contributed by atoms with Gasteiger partial charge in [-0.15, -0.1) is 0 Å². The van der Waals surface area contributed by atoms with Gasteiger partial charge in [-0.3, -0.25) is 4.52 Å². The largest absolute Gasteiger partial charge is 0.514 e. The molecule has 0 atom stereocenters. The van der Waals surface area contributed by atoms with Crippen LogP contribution in [0.25, 0.3) is 0 Å². The van der Waals surface area contributed by atoms with Crippen molar-refractivity contribution in [1.82, 2.24) is 10.1 Å². The van der Waals surface area contributed by atoms with E-state index in [1.54, 1.807) is 0 Å². The van der Waals surface area contributed by atoms with E-state index in [-0.39, 0.29) is 6.08 Å². The van der Waals surface area contributed by atoms with E-state index in [9.17, 15) is 4.79 Å².